The summed E-state index contributed by atoms with van der Waals surface area (Å²) >= 11 is 0. The molecule has 1 saturated heterocycles. The summed E-state index contributed by atoms with van der Waals surface area (Å²) in [4.78, 5) is 44.4. The lowest BCUT2D eigenvalue weighted by Gasteiger charge is -2.30. The third-order valence-corrected chi connectivity index (χ3v) is 3.72. The maximum atomic E-state index is 13.7. The molecule has 1 aromatic heterocycles. The van der Waals surface area contributed by atoms with Gasteiger partial charge >= 0.3 is 0 Å². The zero-order chi connectivity index (χ0) is 24.5. The fourth-order valence-corrected chi connectivity index (χ4v) is 2.50. The van der Waals surface area contributed by atoms with Crippen molar-refractivity contribution in [2.75, 3.05) is 26.0 Å². The third-order valence-electron chi connectivity index (χ3n) is 3.72. The molecule has 2 amide bonds. The molecule has 1 unspecified atom stereocenters. The van der Waals surface area contributed by atoms with Crippen molar-refractivity contribution >= 4 is 28.4 Å². The predicted octanol–water partition coefficient (Wildman–Crippen LogP) is 1.09. The van der Waals surface area contributed by atoms with Crippen LogP contribution in [0.2, 0.25) is 0 Å². The lowest BCUT2D eigenvalue weighted by Crippen LogP contribution is -2.46. The minimum atomic E-state index is -3.13. The lowest BCUT2D eigenvalue weighted by atomic mass is 10.0. The Kier molecular flexibility index (Phi) is 2.14. The molecule has 1 aromatic carbocycles. The van der Waals surface area contributed by atoms with Crippen molar-refractivity contribution in [1.82, 2.24) is 14.5 Å². The topological polar surface area (TPSA) is 75.5 Å². The van der Waals surface area contributed by atoms with Gasteiger partial charge in [-0.3, -0.25) is 23.9 Å². The third kappa shape index (κ3) is 2.36. The number of fused-ring (bicyclic) bond motifs is 1. The van der Waals surface area contributed by atoms with Gasteiger partial charge in [-0.1, -0.05) is 6.07 Å². The van der Waals surface area contributed by atoms with Crippen LogP contribution >= 0.6 is 0 Å². The van der Waals surface area contributed by atoms with Crippen molar-refractivity contribution in [1.29, 1.82) is 0 Å². The van der Waals surface area contributed by atoms with E-state index in [4.69, 9.17) is 11.0 Å². The lowest BCUT2D eigenvalue weighted by molar-refractivity contribution is -0.149. The SMILES string of the molecule is [2H]c1cc([2H])c2nc(C([2H])([2H])[2H])n(C3([2H])CC([2H])([2H])C(=O)N(C)C3=O)c(=O)c2c1N(C)C. The van der Waals surface area contributed by atoms with Crippen molar-refractivity contribution in [2.24, 2.45) is 0 Å². The fourth-order valence-electron chi connectivity index (χ4n) is 2.50. The fraction of sp³-hybridized carbons (Fsp3) is 0.412. The normalized spacial score (nSPS) is 28.9. The number of nitrogens with zero attached hydrogens (tertiary/aromatic N) is 4. The van der Waals surface area contributed by atoms with E-state index in [-0.39, 0.29) is 27.2 Å². The first kappa shape index (κ1) is 8.96. The molecule has 7 nitrogen and oxygen atoms in total. The van der Waals surface area contributed by atoms with Crippen LogP contribution < -0.4 is 10.5 Å². The van der Waals surface area contributed by atoms with Crippen molar-refractivity contribution < 1.29 is 20.6 Å². The second-order valence-corrected chi connectivity index (χ2v) is 5.45. The summed E-state index contributed by atoms with van der Waals surface area (Å²) in [6, 6.07) is -2.40. The van der Waals surface area contributed by atoms with Crippen LogP contribution in [0.3, 0.4) is 0 Å². The zero-order valence-corrected chi connectivity index (χ0v) is 13.3. The van der Waals surface area contributed by atoms with Gasteiger partial charge in [0.1, 0.15) is 11.8 Å². The second kappa shape index (κ2) is 5.74. The summed E-state index contributed by atoms with van der Waals surface area (Å²) in [5, 5.41) is -0.361. The number of likely N-dealkylation sites (N-methyl/N-ethyl adjacent to an activating group) is 1. The quantitative estimate of drug-likeness (QED) is 0.768. The molecule has 1 aliphatic heterocycles. The maximum Gasteiger partial charge on any atom is 0.264 e. The first-order valence-electron chi connectivity index (χ1n) is 11.0. The van der Waals surface area contributed by atoms with Gasteiger partial charge in [-0.15, -0.1) is 0 Å². The van der Waals surface area contributed by atoms with E-state index in [9.17, 15) is 14.4 Å². The second-order valence-electron chi connectivity index (χ2n) is 5.45. The Hall–Kier alpha value is -2.70. The van der Waals surface area contributed by atoms with Crippen LogP contribution in [0.15, 0.2) is 22.9 Å². The molecule has 1 aliphatic rings. The van der Waals surface area contributed by atoms with Crippen molar-refractivity contribution in [3.63, 3.8) is 0 Å². The van der Waals surface area contributed by atoms with Gasteiger partial charge in [0, 0.05) is 34.4 Å². The van der Waals surface area contributed by atoms with Crippen LogP contribution in [0.1, 0.15) is 35.6 Å². The molecule has 126 valence electrons. The number of anilines is 1. The summed E-state index contributed by atoms with van der Waals surface area (Å²) < 4.78 is 64.7. The Balaban J connectivity index is 2.58. The Labute approximate surface area is 150 Å². The molecule has 0 aliphatic carbocycles. The Morgan fingerprint density at radius 1 is 1.42 bits per heavy atom. The van der Waals surface area contributed by atoms with E-state index in [2.05, 4.69) is 4.98 Å². The molecule has 3 rings (SSSR count). The highest BCUT2D eigenvalue weighted by Crippen LogP contribution is 2.26. The van der Waals surface area contributed by atoms with E-state index < -0.39 is 54.9 Å². The molecule has 2 aromatic rings. The molecular weight excluding hydrogens is 308 g/mol. The molecule has 0 saturated carbocycles. The monoisotopic (exact) mass is 336 g/mol. The minimum Gasteiger partial charge on any atom is -0.377 e. The van der Waals surface area contributed by atoms with Gasteiger partial charge in [0.25, 0.3) is 11.5 Å². The number of hydrogen-bond acceptors (Lipinski definition) is 5. The van der Waals surface area contributed by atoms with E-state index in [1.807, 2.05) is 0 Å². The number of imide groups is 1. The Morgan fingerprint density at radius 3 is 2.83 bits per heavy atom. The summed E-state index contributed by atoms with van der Waals surface area (Å²) in [6.07, 6.45) is -3.86. The predicted molar refractivity (Wildman–Crippen MR) is 91.1 cm³/mol. The summed E-state index contributed by atoms with van der Waals surface area (Å²) in [7, 11) is 3.95. The van der Waals surface area contributed by atoms with Crippen LogP contribution in [0.5, 0.6) is 0 Å². The molecule has 0 N–H and O–H groups in total. The van der Waals surface area contributed by atoms with Crippen LogP contribution in [0.25, 0.3) is 10.9 Å². The number of likely N-dealkylation sites (tertiary alicyclic amines) is 1. The van der Waals surface area contributed by atoms with Gasteiger partial charge in [-0.2, -0.15) is 0 Å². The summed E-state index contributed by atoms with van der Waals surface area (Å²) in [5.41, 5.74) is -1.55. The van der Waals surface area contributed by atoms with E-state index in [0.717, 1.165) is 13.1 Å². The average Bonchev–Trinajstić information content (AvgIpc) is 2.63. The maximum absolute atomic E-state index is 13.7. The number of aromatic nitrogens is 2. The van der Waals surface area contributed by atoms with Crippen molar-refractivity contribution in [3.05, 3.63) is 34.3 Å². The molecule has 0 bridgehead atoms. The number of piperidine rings is 1. The van der Waals surface area contributed by atoms with Gasteiger partial charge in [0.15, 0.2) is 0 Å². The number of aryl methyl sites for hydroxylation is 1. The van der Waals surface area contributed by atoms with Gasteiger partial charge in [0.2, 0.25) is 5.91 Å². The largest absolute Gasteiger partial charge is 0.377 e. The van der Waals surface area contributed by atoms with E-state index in [1.165, 1.54) is 19.0 Å². The van der Waals surface area contributed by atoms with Crippen LogP contribution in [0.4, 0.5) is 5.69 Å². The zero-order valence-electron chi connectivity index (χ0n) is 21.3. The van der Waals surface area contributed by atoms with Crippen molar-refractivity contribution in [3.8, 4) is 0 Å². The summed E-state index contributed by atoms with van der Waals surface area (Å²) in [5.74, 6) is -3.52. The number of amides is 2. The number of carbonyl (C=O) groups is 2. The molecule has 2 heterocycles. The number of benzene rings is 1. The van der Waals surface area contributed by atoms with Crippen molar-refractivity contribution in [2.45, 2.75) is 25.7 Å². The van der Waals surface area contributed by atoms with E-state index in [0.29, 0.717) is 4.90 Å². The van der Waals surface area contributed by atoms with Gasteiger partial charge in [-0.25, -0.2) is 4.98 Å². The van der Waals surface area contributed by atoms with Crippen LogP contribution in [-0.2, 0) is 9.59 Å². The van der Waals surface area contributed by atoms with Gasteiger partial charge in [-0.05, 0) is 25.4 Å². The standard InChI is InChI=1S/C17H20N4O3/c1-10-18-11-6-5-7-12(19(2)3)15(11)17(24)21(10)13-8-9-14(22)20(4)16(13)23/h5-7,13H,8-9H2,1-4H3/i1D3,6D,7D,9D2,13D. The van der Waals surface area contributed by atoms with Crippen LogP contribution in [0, 0.1) is 6.85 Å². The van der Waals surface area contributed by atoms with E-state index >= 15 is 0 Å². The highest BCUT2D eigenvalue weighted by Gasteiger charge is 2.34. The van der Waals surface area contributed by atoms with Gasteiger partial charge < -0.3 is 4.90 Å². The Bertz CT molecular complexity index is 1220. The first-order chi connectivity index (χ1) is 14.4. The highest BCUT2D eigenvalue weighted by atomic mass is 16.2. The molecule has 24 heavy (non-hydrogen) atoms. The number of hydrogen-bond donors (Lipinski definition) is 0. The number of carbonyl (C=O) groups excluding carboxylic acids is 2. The molecule has 0 radical (unpaired) electrons. The first-order valence-corrected chi connectivity index (χ1v) is 7.03. The smallest absolute Gasteiger partial charge is 0.264 e. The summed E-state index contributed by atoms with van der Waals surface area (Å²) in [6.45, 7) is -3.13. The molecule has 1 fully saturated rings. The number of rotatable bonds is 2. The Morgan fingerprint density at radius 2 is 2.17 bits per heavy atom. The van der Waals surface area contributed by atoms with Crippen LogP contribution in [-0.4, -0.2) is 47.4 Å². The molecular formula is C17H20N4O3. The van der Waals surface area contributed by atoms with Gasteiger partial charge in [0.05, 0.1) is 20.7 Å². The molecule has 7 heteroatoms. The molecule has 1 atom stereocenters. The van der Waals surface area contributed by atoms with E-state index in [1.54, 1.807) is 0 Å². The molecule has 0 spiro atoms. The minimum absolute atomic E-state index is 0.0151. The average molecular weight is 336 g/mol. The highest BCUT2D eigenvalue weighted by molar-refractivity contribution is 5.99.